The molecule has 0 amide bonds. The molecule has 0 spiro atoms. The molecule has 0 aliphatic carbocycles. The Morgan fingerprint density at radius 3 is 2.70 bits per heavy atom. The van der Waals surface area contributed by atoms with Gasteiger partial charge in [-0.3, -0.25) is 4.98 Å². The van der Waals surface area contributed by atoms with Gasteiger partial charge in [0.15, 0.2) is 17.1 Å². The summed E-state index contributed by atoms with van der Waals surface area (Å²) in [7, 11) is -1.27. The zero-order valence-electron chi connectivity index (χ0n) is 15.3. The molecule has 0 fully saturated rings. The van der Waals surface area contributed by atoms with Gasteiger partial charge in [-0.2, -0.15) is 5.26 Å². The van der Waals surface area contributed by atoms with Crippen molar-refractivity contribution >= 4 is 19.2 Å². The molecule has 7 nitrogen and oxygen atoms in total. The summed E-state index contributed by atoms with van der Waals surface area (Å²) in [6.45, 7) is 7.08. The van der Waals surface area contributed by atoms with Crippen molar-refractivity contribution in [3.8, 4) is 17.3 Å². The molecular weight excluding hydrogens is 367 g/mol. The Hall–Kier alpha value is -2.83. The molecule has 0 N–H and O–H groups in total. The normalized spacial score (nSPS) is 11.7. The van der Waals surface area contributed by atoms with E-state index in [1.807, 2.05) is 6.07 Å². The number of rotatable bonds is 6. The van der Waals surface area contributed by atoms with Gasteiger partial charge in [0.1, 0.15) is 18.3 Å². The van der Waals surface area contributed by atoms with Crippen LogP contribution in [0.3, 0.4) is 0 Å². The Bertz CT molecular complexity index is 1060. The molecule has 9 heteroatoms. The van der Waals surface area contributed by atoms with Crippen molar-refractivity contribution in [1.29, 1.82) is 5.26 Å². The first-order valence-electron chi connectivity index (χ1n) is 8.42. The average Bonchev–Trinajstić information content (AvgIpc) is 2.95. The van der Waals surface area contributed by atoms with Crippen molar-refractivity contribution in [2.75, 3.05) is 6.61 Å². The van der Waals surface area contributed by atoms with E-state index >= 15 is 0 Å². The topological polar surface area (TPSA) is 93.9 Å². The maximum atomic E-state index is 14.4. The van der Waals surface area contributed by atoms with Gasteiger partial charge in [-0.05, 0) is 18.2 Å². The number of aromatic nitrogens is 3. The molecule has 0 saturated heterocycles. The number of nitriles is 1. The summed E-state index contributed by atoms with van der Waals surface area (Å²) in [4.78, 5) is 20.3. The summed E-state index contributed by atoms with van der Waals surface area (Å²) >= 11 is 0. The van der Waals surface area contributed by atoms with Crippen molar-refractivity contribution < 1.29 is 13.5 Å². The Kier molecular flexibility index (Phi) is 5.21. The van der Waals surface area contributed by atoms with Crippen LogP contribution in [-0.4, -0.2) is 29.2 Å². The van der Waals surface area contributed by atoms with Gasteiger partial charge in [-0.25, -0.2) is 18.7 Å². The molecule has 3 rings (SSSR count). The van der Waals surface area contributed by atoms with Gasteiger partial charge in [-0.15, -0.1) is 0 Å². The van der Waals surface area contributed by atoms with E-state index in [0.29, 0.717) is 17.9 Å². The summed E-state index contributed by atoms with van der Waals surface area (Å²) in [5.74, 6) is -1.29. The van der Waals surface area contributed by atoms with E-state index in [9.17, 15) is 9.18 Å². The van der Waals surface area contributed by atoms with Crippen LogP contribution in [0.25, 0.3) is 22.4 Å². The third-order valence-corrected chi connectivity index (χ3v) is 5.73. The van der Waals surface area contributed by atoms with Gasteiger partial charge >= 0.3 is 5.76 Å². The first-order valence-corrected chi connectivity index (χ1v) is 12.1. The van der Waals surface area contributed by atoms with Crippen LogP contribution in [0, 0.1) is 17.1 Å². The molecule has 2 heterocycles. The van der Waals surface area contributed by atoms with Crippen LogP contribution < -0.4 is 5.76 Å². The third-order valence-electron chi connectivity index (χ3n) is 4.02. The number of nitrogens with zero attached hydrogens (tertiary/aromatic N) is 4. The van der Waals surface area contributed by atoms with Crippen molar-refractivity contribution in [3.63, 3.8) is 0 Å². The number of benzene rings is 1. The zero-order valence-corrected chi connectivity index (χ0v) is 16.3. The Balaban J connectivity index is 1.96. The standard InChI is InChI=1S/C18H19FN4O3Si/c1-27(2,3)7-6-25-11-23-16-14(19)5-4-13(17(16)26-18(23)24)15-10-21-12(8-20)9-22-15/h4-5,9-10H,6-7,11H2,1-3H3. The second-order valence-corrected chi connectivity index (χ2v) is 12.9. The van der Waals surface area contributed by atoms with Crippen LogP contribution in [0.15, 0.2) is 33.7 Å². The van der Waals surface area contributed by atoms with Gasteiger partial charge in [0.2, 0.25) is 0 Å². The van der Waals surface area contributed by atoms with E-state index in [1.54, 1.807) is 0 Å². The lowest BCUT2D eigenvalue weighted by Gasteiger charge is -2.15. The molecule has 0 aliphatic rings. The first kappa shape index (κ1) is 18.9. The largest absolute Gasteiger partial charge is 0.421 e. The van der Waals surface area contributed by atoms with Gasteiger partial charge in [0.25, 0.3) is 0 Å². The second-order valence-electron chi connectivity index (χ2n) is 7.32. The highest BCUT2D eigenvalue weighted by Gasteiger charge is 2.19. The van der Waals surface area contributed by atoms with Crippen molar-refractivity contribution in [1.82, 2.24) is 14.5 Å². The minimum absolute atomic E-state index is 0.0247. The molecule has 0 radical (unpaired) electrons. The number of hydrogen-bond donors (Lipinski definition) is 0. The molecule has 3 aromatic rings. The van der Waals surface area contributed by atoms with E-state index in [2.05, 4.69) is 29.6 Å². The lowest BCUT2D eigenvalue weighted by molar-refractivity contribution is 0.0847. The molecule has 0 unspecified atom stereocenters. The number of ether oxygens (including phenoxy) is 1. The second kappa shape index (κ2) is 7.42. The summed E-state index contributed by atoms with van der Waals surface area (Å²) in [5, 5.41) is 8.82. The van der Waals surface area contributed by atoms with Crippen LogP contribution >= 0.6 is 0 Å². The lowest BCUT2D eigenvalue weighted by atomic mass is 10.1. The fourth-order valence-electron chi connectivity index (χ4n) is 2.51. The number of oxazole rings is 1. The lowest BCUT2D eigenvalue weighted by Crippen LogP contribution is -2.23. The fourth-order valence-corrected chi connectivity index (χ4v) is 3.27. The van der Waals surface area contributed by atoms with Crippen LogP contribution in [0.1, 0.15) is 5.69 Å². The summed E-state index contributed by atoms with van der Waals surface area (Å²) < 4.78 is 26.4. The van der Waals surface area contributed by atoms with Gasteiger partial charge in [0.05, 0.1) is 18.1 Å². The van der Waals surface area contributed by atoms with Gasteiger partial charge in [0, 0.05) is 20.2 Å². The van der Waals surface area contributed by atoms with Gasteiger partial charge < -0.3 is 9.15 Å². The molecule has 0 saturated carbocycles. The van der Waals surface area contributed by atoms with E-state index < -0.39 is 19.6 Å². The van der Waals surface area contributed by atoms with Crippen molar-refractivity contribution in [2.45, 2.75) is 32.4 Å². The highest BCUT2D eigenvalue weighted by Crippen LogP contribution is 2.28. The maximum absolute atomic E-state index is 14.4. The monoisotopic (exact) mass is 386 g/mol. The summed E-state index contributed by atoms with van der Waals surface area (Å²) in [6, 6.07) is 5.52. The highest BCUT2D eigenvalue weighted by atomic mass is 28.3. The molecule has 140 valence electrons. The van der Waals surface area contributed by atoms with E-state index in [1.165, 1.54) is 24.5 Å². The quantitative estimate of drug-likeness (QED) is 0.476. The van der Waals surface area contributed by atoms with Crippen LogP contribution in [0.2, 0.25) is 25.7 Å². The Morgan fingerprint density at radius 2 is 2.07 bits per heavy atom. The molecule has 0 atom stereocenters. The molecule has 27 heavy (non-hydrogen) atoms. The molecule has 2 aromatic heterocycles. The average molecular weight is 386 g/mol. The summed E-state index contributed by atoms with van der Waals surface area (Å²) in [5.41, 5.74) is 1.05. The van der Waals surface area contributed by atoms with Crippen LogP contribution in [0.5, 0.6) is 0 Å². The Labute approximate surface area is 156 Å². The number of fused-ring (bicyclic) bond motifs is 1. The minimum Gasteiger partial charge on any atom is -0.407 e. The van der Waals surface area contributed by atoms with Crippen LogP contribution in [0.4, 0.5) is 4.39 Å². The maximum Gasteiger partial charge on any atom is 0.421 e. The molecule has 0 bridgehead atoms. The highest BCUT2D eigenvalue weighted by molar-refractivity contribution is 6.76. The van der Waals surface area contributed by atoms with E-state index in [-0.39, 0.29) is 23.5 Å². The predicted molar refractivity (Wildman–Crippen MR) is 100 cm³/mol. The SMILES string of the molecule is C[Si](C)(C)CCOCn1c(=O)oc2c(-c3cnc(C#N)cn3)ccc(F)c21. The Morgan fingerprint density at radius 1 is 1.30 bits per heavy atom. The van der Waals surface area contributed by atoms with Crippen LogP contribution in [-0.2, 0) is 11.5 Å². The van der Waals surface area contributed by atoms with Crippen molar-refractivity contribution in [2.24, 2.45) is 0 Å². The summed E-state index contributed by atoms with van der Waals surface area (Å²) in [6.07, 6.45) is 2.69. The van der Waals surface area contributed by atoms with E-state index in [4.69, 9.17) is 14.4 Å². The predicted octanol–water partition coefficient (Wildman–Crippen LogP) is 3.37. The number of hydrogen-bond acceptors (Lipinski definition) is 6. The molecular formula is C18H19FN4O3Si. The first-order chi connectivity index (χ1) is 12.8. The third kappa shape index (κ3) is 4.12. The smallest absolute Gasteiger partial charge is 0.407 e. The fraction of sp³-hybridized carbons (Fsp3) is 0.333. The number of halogens is 1. The minimum atomic E-state index is -1.27. The van der Waals surface area contributed by atoms with E-state index in [0.717, 1.165) is 10.6 Å². The molecule has 1 aromatic carbocycles. The zero-order chi connectivity index (χ0) is 19.6. The van der Waals surface area contributed by atoms with Gasteiger partial charge in [-0.1, -0.05) is 19.6 Å². The van der Waals surface area contributed by atoms with Crippen molar-refractivity contribution in [3.05, 3.63) is 46.6 Å². The molecule has 0 aliphatic heterocycles.